The van der Waals surface area contributed by atoms with E-state index in [-0.39, 0.29) is 0 Å². The van der Waals surface area contributed by atoms with Crippen molar-refractivity contribution in [1.82, 2.24) is 5.32 Å². The van der Waals surface area contributed by atoms with E-state index >= 15 is 0 Å². The molecule has 0 bridgehead atoms. The molecule has 19 heavy (non-hydrogen) atoms. The van der Waals surface area contributed by atoms with Gasteiger partial charge >= 0.3 is 0 Å². The second-order valence-corrected chi connectivity index (χ2v) is 6.41. The fourth-order valence-corrected chi connectivity index (χ4v) is 2.69. The maximum absolute atomic E-state index is 5.69. The molecule has 0 radical (unpaired) electrons. The second-order valence-electron chi connectivity index (χ2n) is 6.41. The van der Waals surface area contributed by atoms with E-state index in [1.165, 1.54) is 25.7 Å². The van der Waals surface area contributed by atoms with Gasteiger partial charge in [0.1, 0.15) is 5.75 Å². The fourth-order valence-electron chi connectivity index (χ4n) is 2.69. The lowest BCUT2D eigenvalue weighted by molar-refractivity contribution is 0.204. The molecule has 1 aliphatic rings. The number of benzene rings is 1. The van der Waals surface area contributed by atoms with Gasteiger partial charge in [-0.1, -0.05) is 32.0 Å². The standard InChI is InChI=1S/C17H27NO/c1-17(2)11-9-15(10-12-17)18-13-6-14-19-16-7-4-3-5-8-16/h3-5,7-8,15,18H,6,9-14H2,1-2H3. The van der Waals surface area contributed by atoms with Crippen molar-refractivity contribution in [3.63, 3.8) is 0 Å². The van der Waals surface area contributed by atoms with E-state index in [1.807, 2.05) is 30.3 Å². The summed E-state index contributed by atoms with van der Waals surface area (Å²) in [6.07, 6.45) is 6.43. The summed E-state index contributed by atoms with van der Waals surface area (Å²) in [6.45, 7) is 6.64. The Balaban J connectivity index is 1.53. The fraction of sp³-hybridized carbons (Fsp3) is 0.647. The molecule has 1 fully saturated rings. The molecule has 1 N–H and O–H groups in total. The highest BCUT2D eigenvalue weighted by molar-refractivity contribution is 5.20. The molecule has 0 atom stereocenters. The molecule has 1 saturated carbocycles. The highest BCUT2D eigenvalue weighted by Gasteiger charge is 2.26. The van der Waals surface area contributed by atoms with Crippen LogP contribution in [0.1, 0.15) is 46.0 Å². The molecular weight excluding hydrogens is 234 g/mol. The van der Waals surface area contributed by atoms with E-state index in [0.29, 0.717) is 5.41 Å². The third-order valence-electron chi connectivity index (χ3n) is 4.11. The Bertz CT molecular complexity index is 351. The van der Waals surface area contributed by atoms with Gasteiger partial charge in [-0.25, -0.2) is 0 Å². The molecule has 1 aliphatic carbocycles. The maximum atomic E-state index is 5.69. The first-order valence-corrected chi connectivity index (χ1v) is 7.57. The first-order valence-electron chi connectivity index (χ1n) is 7.57. The summed E-state index contributed by atoms with van der Waals surface area (Å²) in [5.74, 6) is 0.974. The summed E-state index contributed by atoms with van der Waals surface area (Å²) in [4.78, 5) is 0. The molecule has 2 nitrogen and oxygen atoms in total. The Morgan fingerprint density at radius 2 is 1.84 bits per heavy atom. The normalized spacial score (nSPS) is 19.3. The summed E-state index contributed by atoms with van der Waals surface area (Å²) in [5, 5.41) is 3.67. The summed E-state index contributed by atoms with van der Waals surface area (Å²) in [5.41, 5.74) is 0.564. The minimum Gasteiger partial charge on any atom is -0.494 e. The summed E-state index contributed by atoms with van der Waals surface area (Å²) >= 11 is 0. The van der Waals surface area contributed by atoms with Crippen LogP contribution in [0.25, 0.3) is 0 Å². The van der Waals surface area contributed by atoms with Crippen LogP contribution in [-0.2, 0) is 0 Å². The molecule has 0 unspecified atom stereocenters. The van der Waals surface area contributed by atoms with Crippen LogP contribution in [0.5, 0.6) is 5.75 Å². The van der Waals surface area contributed by atoms with Gasteiger partial charge < -0.3 is 10.1 Å². The maximum Gasteiger partial charge on any atom is 0.119 e. The minimum absolute atomic E-state index is 0.564. The largest absolute Gasteiger partial charge is 0.494 e. The summed E-state index contributed by atoms with van der Waals surface area (Å²) < 4.78 is 5.69. The zero-order valence-corrected chi connectivity index (χ0v) is 12.3. The van der Waals surface area contributed by atoms with Crippen LogP contribution in [0, 0.1) is 5.41 Å². The molecular formula is C17H27NO. The van der Waals surface area contributed by atoms with E-state index in [4.69, 9.17) is 4.74 Å². The molecule has 106 valence electrons. The quantitative estimate of drug-likeness (QED) is 0.781. The van der Waals surface area contributed by atoms with E-state index < -0.39 is 0 Å². The molecule has 0 saturated heterocycles. The number of para-hydroxylation sites is 1. The smallest absolute Gasteiger partial charge is 0.119 e. The first-order chi connectivity index (χ1) is 9.16. The van der Waals surface area contributed by atoms with Crippen molar-refractivity contribution in [2.45, 2.75) is 52.0 Å². The third-order valence-corrected chi connectivity index (χ3v) is 4.11. The van der Waals surface area contributed by atoms with E-state index in [2.05, 4.69) is 19.2 Å². The highest BCUT2D eigenvalue weighted by atomic mass is 16.5. The van der Waals surface area contributed by atoms with Gasteiger partial charge in [-0.2, -0.15) is 0 Å². The molecule has 2 heteroatoms. The predicted molar refractivity (Wildman–Crippen MR) is 80.6 cm³/mol. The number of hydrogen-bond donors (Lipinski definition) is 1. The molecule has 1 aromatic carbocycles. The van der Waals surface area contributed by atoms with Gasteiger partial charge in [0.2, 0.25) is 0 Å². The summed E-state index contributed by atoms with van der Waals surface area (Å²) in [7, 11) is 0. The van der Waals surface area contributed by atoms with Gasteiger partial charge in [-0.15, -0.1) is 0 Å². The zero-order valence-electron chi connectivity index (χ0n) is 12.3. The van der Waals surface area contributed by atoms with Gasteiger partial charge in [0, 0.05) is 6.04 Å². The topological polar surface area (TPSA) is 21.3 Å². The number of hydrogen-bond acceptors (Lipinski definition) is 2. The van der Waals surface area contributed by atoms with Crippen molar-refractivity contribution in [2.24, 2.45) is 5.41 Å². The van der Waals surface area contributed by atoms with Crippen LogP contribution in [0.4, 0.5) is 0 Å². The van der Waals surface area contributed by atoms with Crippen molar-refractivity contribution < 1.29 is 4.74 Å². The van der Waals surface area contributed by atoms with Crippen LogP contribution in [0.3, 0.4) is 0 Å². The van der Waals surface area contributed by atoms with Gasteiger partial charge in [-0.3, -0.25) is 0 Å². The Morgan fingerprint density at radius 1 is 1.16 bits per heavy atom. The lowest BCUT2D eigenvalue weighted by Crippen LogP contribution is -2.36. The van der Waals surface area contributed by atoms with Gasteiger partial charge in [0.25, 0.3) is 0 Å². The Morgan fingerprint density at radius 3 is 2.53 bits per heavy atom. The highest BCUT2D eigenvalue weighted by Crippen LogP contribution is 2.34. The van der Waals surface area contributed by atoms with Gasteiger partial charge in [0.15, 0.2) is 0 Å². The average Bonchev–Trinajstić information content (AvgIpc) is 2.41. The lowest BCUT2D eigenvalue weighted by atomic mass is 9.75. The van der Waals surface area contributed by atoms with Crippen LogP contribution >= 0.6 is 0 Å². The predicted octanol–water partition coefficient (Wildman–Crippen LogP) is 4.01. The van der Waals surface area contributed by atoms with Crippen molar-refractivity contribution in [3.05, 3.63) is 30.3 Å². The van der Waals surface area contributed by atoms with E-state index in [1.54, 1.807) is 0 Å². The molecule has 2 rings (SSSR count). The molecule has 0 aromatic heterocycles. The first kappa shape index (κ1) is 14.4. The Labute approximate surface area is 117 Å². The molecule has 0 spiro atoms. The molecule has 0 aliphatic heterocycles. The number of ether oxygens (including phenoxy) is 1. The third kappa shape index (κ3) is 5.23. The van der Waals surface area contributed by atoms with Crippen LogP contribution < -0.4 is 10.1 Å². The van der Waals surface area contributed by atoms with Crippen LogP contribution in [0.15, 0.2) is 30.3 Å². The minimum atomic E-state index is 0.564. The van der Waals surface area contributed by atoms with Crippen molar-refractivity contribution >= 4 is 0 Å². The van der Waals surface area contributed by atoms with Crippen molar-refractivity contribution in [1.29, 1.82) is 0 Å². The zero-order chi connectivity index (χ0) is 13.6. The second kappa shape index (κ2) is 6.95. The monoisotopic (exact) mass is 261 g/mol. The molecule has 1 aromatic rings. The Kier molecular flexibility index (Phi) is 5.26. The molecule has 0 amide bonds. The van der Waals surface area contributed by atoms with Crippen molar-refractivity contribution in [2.75, 3.05) is 13.2 Å². The lowest BCUT2D eigenvalue weighted by Gasteiger charge is -2.34. The van der Waals surface area contributed by atoms with Crippen LogP contribution in [0.2, 0.25) is 0 Å². The van der Waals surface area contributed by atoms with Crippen LogP contribution in [-0.4, -0.2) is 19.2 Å². The van der Waals surface area contributed by atoms with Gasteiger partial charge in [-0.05, 0) is 56.2 Å². The molecule has 0 heterocycles. The van der Waals surface area contributed by atoms with E-state index in [9.17, 15) is 0 Å². The van der Waals surface area contributed by atoms with E-state index in [0.717, 1.165) is 31.4 Å². The number of rotatable bonds is 6. The van der Waals surface area contributed by atoms with Crippen molar-refractivity contribution in [3.8, 4) is 5.75 Å². The Hall–Kier alpha value is -1.02. The average molecular weight is 261 g/mol. The van der Waals surface area contributed by atoms with Gasteiger partial charge in [0.05, 0.1) is 6.61 Å². The summed E-state index contributed by atoms with van der Waals surface area (Å²) in [6, 6.07) is 10.8. The SMILES string of the molecule is CC1(C)CCC(NCCCOc2ccccc2)CC1. The number of nitrogens with one attached hydrogen (secondary N) is 1.